The van der Waals surface area contributed by atoms with E-state index < -0.39 is 17.3 Å². The predicted molar refractivity (Wildman–Crippen MR) is 93.8 cm³/mol. The van der Waals surface area contributed by atoms with Crippen molar-refractivity contribution in [3.8, 4) is 0 Å². The number of halogens is 1. The summed E-state index contributed by atoms with van der Waals surface area (Å²) >= 11 is -2.10. The first-order chi connectivity index (χ1) is 9.12. The zero-order valence-corrected chi connectivity index (χ0v) is 17.4. The zero-order valence-electron chi connectivity index (χ0n) is 13.8. The Hall–Kier alpha value is 1.09. The summed E-state index contributed by atoms with van der Waals surface area (Å²) in [5, 5.41) is 0. The Balaban J connectivity index is 3.36. The molecule has 0 rings (SSSR count). The molecule has 0 bridgehead atoms. The summed E-state index contributed by atoms with van der Waals surface area (Å²) in [6.45, 7) is 4.57. The van der Waals surface area contributed by atoms with E-state index in [1.165, 1.54) is 85.9 Å². The Morgan fingerprint density at radius 3 is 1.26 bits per heavy atom. The Labute approximate surface area is 130 Å². The van der Waals surface area contributed by atoms with Gasteiger partial charge in [0, 0.05) is 0 Å². The second kappa shape index (κ2) is 14.0. The summed E-state index contributed by atoms with van der Waals surface area (Å²) in [6, 6.07) is 0. The van der Waals surface area contributed by atoms with Gasteiger partial charge in [-0.2, -0.15) is 0 Å². The van der Waals surface area contributed by atoms with Crippen molar-refractivity contribution in [3.63, 3.8) is 0 Å². The maximum atomic E-state index is 6.83. The molecule has 0 aromatic rings. The van der Waals surface area contributed by atoms with E-state index in [0.717, 1.165) is 0 Å². The average molecular weight is 396 g/mol. The van der Waals surface area contributed by atoms with E-state index in [2.05, 4.69) is 18.8 Å². The van der Waals surface area contributed by atoms with Gasteiger partial charge in [-0.05, 0) is 0 Å². The molecule has 0 saturated heterocycles. The molecule has 0 aliphatic rings. The number of rotatable bonds is 14. The van der Waals surface area contributed by atoms with Gasteiger partial charge in [0.05, 0.1) is 0 Å². The molecule has 0 aliphatic carbocycles. The van der Waals surface area contributed by atoms with Gasteiger partial charge < -0.3 is 0 Å². The molecule has 0 atom stereocenters. The van der Waals surface area contributed by atoms with Crippen LogP contribution in [0, 0.1) is 0 Å². The quantitative estimate of drug-likeness (QED) is 0.211. The van der Waals surface area contributed by atoms with E-state index in [9.17, 15) is 0 Å². The maximum absolute atomic E-state index is 6.83. The third kappa shape index (κ3) is 15.3. The van der Waals surface area contributed by atoms with Crippen LogP contribution in [-0.2, 0) is 0 Å². The Bertz CT molecular complexity index is 162. The van der Waals surface area contributed by atoms with Crippen molar-refractivity contribution in [2.45, 2.75) is 105 Å². The second-order valence-electron chi connectivity index (χ2n) is 6.45. The van der Waals surface area contributed by atoms with E-state index in [-0.39, 0.29) is 0 Å². The zero-order chi connectivity index (χ0) is 14.4. The first-order valence-electron chi connectivity index (χ1n) is 8.81. The molecule has 19 heavy (non-hydrogen) atoms. The third-order valence-corrected chi connectivity index (χ3v) is 14.6. The fourth-order valence-electron chi connectivity index (χ4n) is 2.67. The average Bonchev–Trinajstić information content (AvgIpc) is 2.38. The van der Waals surface area contributed by atoms with Crippen LogP contribution in [-0.4, -0.2) is 17.3 Å². The van der Waals surface area contributed by atoms with E-state index >= 15 is 0 Å². The summed E-state index contributed by atoms with van der Waals surface area (Å²) in [4.78, 5) is 2.45. The number of hydrogen-bond acceptors (Lipinski definition) is 0. The molecule has 0 aromatic carbocycles. The fourth-order valence-corrected chi connectivity index (χ4v) is 10.8. The van der Waals surface area contributed by atoms with Crippen LogP contribution in [0.3, 0.4) is 0 Å². The van der Waals surface area contributed by atoms with Crippen LogP contribution < -0.4 is 0 Å². The van der Waals surface area contributed by atoms with Gasteiger partial charge >= 0.3 is 131 Å². The number of unbranched alkanes of at least 4 members (excludes halogenated alkanes) is 10. The molecule has 0 spiro atoms. The Morgan fingerprint density at radius 1 is 0.579 bits per heavy atom. The first-order valence-corrected chi connectivity index (χ1v) is 19.3. The summed E-state index contributed by atoms with van der Waals surface area (Å²) in [5.74, 6) is 0. The topological polar surface area (TPSA) is 0 Å². The normalized spacial score (nSPS) is 12.0. The van der Waals surface area contributed by atoms with Crippen LogP contribution in [0.2, 0.25) is 13.8 Å². The van der Waals surface area contributed by atoms with Crippen LogP contribution in [0.5, 0.6) is 0 Å². The van der Waals surface area contributed by atoms with Crippen LogP contribution in [0.15, 0.2) is 0 Å². The fraction of sp³-hybridized carbons (Fsp3) is 1.00. The SMILES string of the molecule is CCCCCCC[CH2][Sn]([CH3])([Cl])[CH2]CCCCCCC. The summed E-state index contributed by atoms with van der Waals surface area (Å²) in [5.41, 5.74) is 0. The van der Waals surface area contributed by atoms with Gasteiger partial charge in [-0.3, -0.25) is 0 Å². The summed E-state index contributed by atoms with van der Waals surface area (Å²) < 4.78 is 2.83. The molecule has 0 unspecified atom stereocenters. The van der Waals surface area contributed by atoms with E-state index in [0.29, 0.717) is 0 Å². The molecular formula is C17H37ClSn. The molecule has 0 nitrogen and oxygen atoms in total. The van der Waals surface area contributed by atoms with Gasteiger partial charge in [0.25, 0.3) is 0 Å². The standard InChI is InChI=1S/2C8H17.CH3.ClH.Sn/c2*1-3-5-7-8-6-4-2;;;/h2*1,3-8H2,2H3;1H3;1H;/q;;;;+1/p-1. The van der Waals surface area contributed by atoms with Gasteiger partial charge in [-0.25, -0.2) is 0 Å². The van der Waals surface area contributed by atoms with Crippen molar-refractivity contribution in [3.05, 3.63) is 0 Å². The molecule has 0 N–H and O–H groups in total. The van der Waals surface area contributed by atoms with Crippen LogP contribution in [0.25, 0.3) is 0 Å². The van der Waals surface area contributed by atoms with Gasteiger partial charge in [0.1, 0.15) is 0 Å². The molecule has 116 valence electrons. The molecule has 0 amide bonds. The van der Waals surface area contributed by atoms with Gasteiger partial charge in [0.2, 0.25) is 0 Å². The minimum absolute atomic E-state index is 1.35. The van der Waals surface area contributed by atoms with E-state index in [1.807, 2.05) is 0 Å². The third-order valence-electron chi connectivity index (χ3n) is 4.10. The number of hydrogen-bond donors (Lipinski definition) is 0. The molecule has 0 heterocycles. The molecular weight excluding hydrogens is 358 g/mol. The molecule has 0 aliphatic heterocycles. The van der Waals surface area contributed by atoms with Crippen LogP contribution in [0.4, 0.5) is 0 Å². The minimum atomic E-state index is -2.10. The van der Waals surface area contributed by atoms with Gasteiger partial charge in [-0.1, -0.05) is 0 Å². The van der Waals surface area contributed by atoms with Crippen LogP contribution >= 0.6 is 8.92 Å². The Morgan fingerprint density at radius 2 is 0.895 bits per heavy atom. The molecule has 0 fully saturated rings. The van der Waals surface area contributed by atoms with Crippen molar-refractivity contribution >= 4 is 26.2 Å². The molecule has 0 radical (unpaired) electrons. The first kappa shape index (κ1) is 20.1. The second-order valence-corrected chi connectivity index (χ2v) is 23.5. The van der Waals surface area contributed by atoms with Crippen LogP contribution in [0.1, 0.15) is 90.9 Å². The van der Waals surface area contributed by atoms with Crippen molar-refractivity contribution in [1.29, 1.82) is 0 Å². The van der Waals surface area contributed by atoms with Gasteiger partial charge in [0.15, 0.2) is 0 Å². The van der Waals surface area contributed by atoms with E-state index in [4.69, 9.17) is 8.92 Å². The molecule has 2 heteroatoms. The molecule has 0 saturated carbocycles. The van der Waals surface area contributed by atoms with E-state index in [1.54, 1.807) is 0 Å². The summed E-state index contributed by atoms with van der Waals surface area (Å²) in [6.07, 6.45) is 16.9. The van der Waals surface area contributed by atoms with Crippen molar-refractivity contribution < 1.29 is 0 Å². The Kier molecular flexibility index (Phi) is 14.8. The molecule has 0 aromatic heterocycles. The predicted octanol–water partition coefficient (Wildman–Crippen LogP) is 7.52. The summed E-state index contributed by atoms with van der Waals surface area (Å²) in [7, 11) is 6.83. The van der Waals surface area contributed by atoms with Crippen molar-refractivity contribution in [1.82, 2.24) is 0 Å². The van der Waals surface area contributed by atoms with Crippen molar-refractivity contribution in [2.75, 3.05) is 0 Å². The van der Waals surface area contributed by atoms with Crippen molar-refractivity contribution in [2.24, 2.45) is 0 Å². The van der Waals surface area contributed by atoms with Gasteiger partial charge in [-0.15, -0.1) is 0 Å². The monoisotopic (exact) mass is 396 g/mol.